The average molecular weight is 349 g/mol. The minimum atomic E-state index is -0.150. The van der Waals surface area contributed by atoms with Crippen LogP contribution >= 0.6 is 0 Å². The highest BCUT2D eigenvalue weighted by molar-refractivity contribution is 6.15. The van der Waals surface area contributed by atoms with Crippen molar-refractivity contribution in [2.75, 3.05) is 0 Å². The van der Waals surface area contributed by atoms with Crippen molar-refractivity contribution < 1.29 is 4.42 Å². The Morgan fingerprint density at radius 3 is 2.44 bits per heavy atom. The Labute approximate surface area is 157 Å². The second kappa shape index (κ2) is 4.77. The first kappa shape index (κ1) is 15.0. The number of nitrogens with zero attached hydrogens (tertiary/aromatic N) is 1. The van der Waals surface area contributed by atoms with Crippen LogP contribution in [-0.2, 0) is 5.41 Å². The van der Waals surface area contributed by atoms with Crippen molar-refractivity contribution in [3.8, 4) is 11.3 Å². The van der Waals surface area contributed by atoms with Crippen molar-refractivity contribution in [2.24, 2.45) is 0 Å². The second-order valence-electron chi connectivity index (χ2n) is 8.14. The average Bonchev–Trinajstić information content (AvgIpc) is 3.04. The molecule has 130 valence electrons. The lowest BCUT2D eigenvalue weighted by Crippen LogP contribution is -2.19. The number of fused-ring (bicyclic) bond motifs is 3. The molecule has 2 heteroatoms. The number of furan rings is 1. The maximum absolute atomic E-state index is 6.30. The normalized spacial score (nSPS) is 14.8. The Morgan fingerprint density at radius 2 is 1.63 bits per heavy atom. The highest BCUT2D eigenvalue weighted by Gasteiger charge is 2.34. The summed E-state index contributed by atoms with van der Waals surface area (Å²) in [5.41, 5.74) is 7.80. The first-order valence-corrected chi connectivity index (χ1v) is 9.40. The molecule has 3 aromatic carbocycles. The molecule has 0 atom stereocenters. The number of pyridine rings is 1. The summed E-state index contributed by atoms with van der Waals surface area (Å²) in [4.78, 5) is 4.84. The summed E-state index contributed by atoms with van der Waals surface area (Å²) in [5.74, 6) is 0. The van der Waals surface area contributed by atoms with E-state index in [1.54, 1.807) is 0 Å². The lowest BCUT2D eigenvalue weighted by atomic mass is 9.75. The Balaban J connectivity index is 1.92. The molecule has 0 unspecified atom stereocenters. The quantitative estimate of drug-likeness (QED) is 0.309. The summed E-state index contributed by atoms with van der Waals surface area (Å²) in [6.07, 6.45) is 1.87. The van der Waals surface area contributed by atoms with E-state index < -0.39 is 0 Å². The monoisotopic (exact) mass is 349 g/mol. The Morgan fingerprint density at radius 1 is 0.852 bits per heavy atom. The SMILES string of the molecule is Cc1ccc2c3c1oc1ccnc(c13)-c1cc3ccccc3cc1C2(C)C. The van der Waals surface area contributed by atoms with Crippen molar-refractivity contribution in [3.63, 3.8) is 0 Å². The maximum Gasteiger partial charge on any atom is 0.139 e. The fourth-order valence-electron chi connectivity index (χ4n) is 4.77. The molecule has 1 aliphatic carbocycles. The summed E-state index contributed by atoms with van der Waals surface area (Å²) in [6.45, 7) is 6.75. The molecule has 0 spiro atoms. The topological polar surface area (TPSA) is 26.0 Å². The van der Waals surface area contributed by atoms with Gasteiger partial charge < -0.3 is 4.42 Å². The van der Waals surface area contributed by atoms with Crippen LogP contribution in [0.15, 0.2) is 65.2 Å². The number of aryl methyl sites for hydroxylation is 1. The first-order valence-electron chi connectivity index (χ1n) is 9.40. The molecule has 1 aliphatic rings. The summed E-state index contributed by atoms with van der Waals surface area (Å²) >= 11 is 0. The fraction of sp³-hybridized carbons (Fsp3) is 0.160. The largest absolute Gasteiger partial charge is 0.456 e. The molecule has 2 heterocycles. The van der Waals surface area contributed by atoms with Crippen LogP contribution in [0.3, 0.4) is 0 Å². The minimum absolute atomic E-state index is 0.150. The zero-order valence-electron chi connectivity index (χ0n) is 15.6. The van der Waals surface area contributed by atoms with Crippen molar-refractivity contribution in [3.05, 3.63) is 77.5 Å². The standard InChI is InChI=1S/C25H19NO/c1-14-8-9-18-21-22-20(27-24(14)21)10-11-26-23(22)17-12-15-6-4-5-7-16(15)13-19(17)25(18,2)3/h4-13H,1-3H3. The molecule has 0 radical (unpaired) electrons. The van der Waals surface area contributed by atoms with Crippen LogP contribution in [0.1, 0.15) is 30.5 Å². The highest BCUT2D eigenvalue weighted by Crippen LogP contribution is 2.50. The van der Waals surface area contributed by atoms with Gasteiger partial charge in [0.1, 0.15) is 11.2 Å². The Kier molecular flexibility index (Phi) is 2.65. The van der Waals surface area contributed by atoms with Crippen LogP contribution in [0.4, 0.5) is 0 Å². The number of benzene rings is 3. The molecular formula is C25H19NO. The van der Waals surface area contributed by atoms with Crippen LogP contribution in [0.25, 0.3) is 44.0 Å². The third kappa shape index (κ3) is 1.78. The van der Waals surface area contributed by atoms with E-state index in [2.05, 4.69) is 69.3 Å². The summed E-state index contributed by atoms with van der Waals surface area (Å²) in [7, 11) is 0. The second-order valence-corrected chi connectivity index (χ2v) is 8.14. The van der Waals surface area contributed by atoms with Crippen molar-refractivity contribution in [1.29, 1.82) is 0 Å². The van der Waals surface area contributed by atoms with E-state index in [9.17, 15) is 0 Å². The molecule has 0 amide bonds. The van der Waals surface area contributed by atoms with Gasteiger partial charge in [-0.05, 0) is 52.6 Å². The molecule has 27 heavy (non-hydrogen) atoms. The van der Waals surface area contributed by atoms with E-state index in [1.807, 2.05) is 12.3 Å². The van der Waals surface area contributed by atoms with E-state index in [1.165, 1.54) is 38.4 Å². The van der Waals surface area contributed by atoms with Gasteiger partial charge in [-0.2, -0.15) is 0 Å². The van der Waals surface area contributed by atoms with Crippen LogP contribution < -0.4 is 0 Å². The third-order valence-corrected chi connectivity index (χ3v) is 6.22. The molecule has 0 N–H and O–H groups in total. The highest BCUT2D eigenvalue weighted by atomic mass is 16.3. The van der Waals surface area contributed by atoms with Crippen LogP contribution in [0.2, 0.25) is 0 Å². The lowest BCUT2D eigenvalue weighted by molar-refractivity contribution is 0.642. The maximum atomic E-state index is 6.30. The van der Waals surface area contributed by atoms with Gasteiger partial charge in [0.15, 0.2) is 0 Å². The first-order chi connectivity index (χ1) is 13.1. The predicted octanol–water partition coefficient (Wildman–Crippen LogP) is 6.75. The lowest BCUT2D eigenvalue weighted by Gasteiger charge is -2.28. The van der Waals surface area contributed by atoms with Crippen LogP contribution in [-0.4, -0.2) is 4.98 Å². The molecule has 0 aliphatic heterocycles. The van der Waals surface area contributed by atoms with Crippen LogP contribution in [0, 0.1) is 6.92 Å². The van der Waals surface area contributed by atoms with Gasteiger partial charge in [-0.25, -0.2) is 0 Å². The zero-order chi connectivity index (χ0) is 18.3. The third-order valence-electron chi connectivity index (χ3n) is 6.22. The molecule has 5 aromatic rings. The molecule has 2 nitrogen and oxygen atoms in total. The molecule has 0 saturated carbocycles. The van der Waals surface area contributed by atoms with Gasteiger partial charge in [-0.1, -0.05) is 50.2 Å². The number of hydrogen-bond acceptors (Lipinski definition) is 2. The smallest absolute Gasteiger partial charge is 0.139 e. The zero-order valence-corrected chi connectivity index (χ0v) is 15.6. The molecule has 0 bridgehead atoms. The number of hydrogen-bond donors (Lipinski definition) is 0. The summed E-state index contributed by atoms with van der Waals surface area (Å²) in [6, 6.07) is 19.7. The van der Waals surface area contributed by atoms with Gasteiger partial charge in [0, 0.05) is 22.6 Å². The van der Waals surface area contributed by atoms with Gasteiger partial charge in [0.2, 0.25) is 0 Å². The van der Waals surface area contributed by atoms with E-state index in [0.29, 0.717) is 0 Å². The van der Waals surface area contributed by atoms with E-state index >= 15 is 0 Å². The van der Waals surface area contributed by atoms with Gasteiger partial charge >= 0.3 is 0 Å². The van der Waals surface area contributed by atoms with Crippen molar-refractivity contribution in [2.45, 2.75) is 26.2 Å². The summed E-state index contributed by atoms with van der Waals surface area (Å²) < 4.78 is 6.30. The predicted molar refractivity (Wildman–Crippen MR) is 111 cm³/mol. The van der Waals surface area contributed by atoms with Gasteiger partial charge in [0.05, 0.1) is 11.1 Å². The van der Waals surface area contributed by atoms with E-state index in [-0.39, 0.29) is 5.41 Å². The molecule has 2 aromatic heterocycles. The van der Waals surface area contributed by atoms with Crippen LogP contribution in [0.5, 0.6) is 0 Å². The van der Waals surface area contributed by atoms with Gasteiger partial charge in [-0.15, -0.1) is 0 Å². The van der Waals surface area contributed by atoms with Crippen molar-refractivity contribution >= 4 is 32.7 Å². The Hall–Kier alpha value is -3.13. The van der Waals surface area contributed by atoms with E-state index in [0.717, 1.165) is 22.2 Å². The fourth-order valence-corrected chi connectivity index (χ4v) is 4.77. The number of rotatable bonds is 0. The molecule has 0 fully saturated rings. The van der Waals surface area contributed by atoms with Crippen molar-refractivity contribution in [1.82, 2.24) is 4.98 Å². The Bertz CT molecular complexity index is 1400. The van der Waals surface area contributed by atoms with Gasteiger partial charge in [-0.3, -0.25) is 4.98 Å². The number of aromatic nitrogens is 1. The molecule has 6 rings (SSSR count). The minimum Gasteiger partial charge on any atom is -0.456 e. The molecular weight excluding hydrogens is 330 g/mol. The summed E-state index contributed by atoms with van der Waals surface area (Å²) in [5, 5.41) is 4.88. The van der Waals surface area contributed by atoms with E-state index in [4.69, 9.17) is 9.40 Å². The van der Waals surface area contributed by atoms with Gasteiger partial charge in [0.25, 0.3) is 0 Å². The molecule has 0 saturated heterocycles.